The van der Waals surface area contributed by atoms with E-state index in [1.165, 1.54) is 0 Å². The molecule has 0 saturated heterocycles. The van der Waals surface area contributed by atoms with Crippen molar-refractivity contribution >= 4 is 11.6 Å². The van der Waals surface area contributed by atoms with Gasteiger partial charge in [0, 0.05) is 17.4 Å². The van der Waals surface area contributed by atoms with Crippen LogP contribution in [0.2, 0.25) is 0 Å². The maximum atomic E-state index is 12.3. The van der Waals surface area contributed by atoms with Gasteiger partial charge in [0.05, 0.1) is 5.69 Å². The van der Waals surface area contributed by atoms with Gasteiger partial charge in [0.15, 0.2) is 0 Å². The molecule has 1 saturated carbocycles. The SMILES string of the molecule is Cc1cn(-c2ccc(C3=NC4(CCCC4)NC3=O)cc2)c(C)n1. The van der Waals surface area contributed by atoms with Gasteiger partial charge in [0.2, 0.25) is 0 Å². The number of aryl methyl sites for hydroxylation is 2. The zero-order chi connectivity index (χ0) is 16.0. The molecule has 0 unspecified atom stereocenters. The molecule has 5 heteroatoms. The zero-order valence-electron chi connectivity index (χ0n) is 13.5. The number of nitrogens with one attached hydrogen (secondary N) is 1. The Hall–Kier alpha value is -2.43. The lowest BCUT2D eigenvalue weighted by Crippen LogP contribution is -2.39. The number of carbonyl (C=O) groups is 1. The largest absolute Gasteiger partial charge is 0.326 e. The molecule has 1 N–H and O–H groups in total. The Balaban J connectivity index is 1.66. The van der Waals surface area contributed by atoms with Crippen LogP contribution in [0.4, 0.5) is 0 Å². The first-order valence-corrected chi connectivity index (χ1v) is 8.12. The van der Waals surface area contributed by atoms with Crippen LogP contribution in [0.5, 0.6) is 0 Å². The van der Waals surface area contributed by atoms with E-state index in [-0.39, 0.29) is 11.6 Å². The van der Waals surface area contributed by atoms with E-state index in [1.807, 2.05) is 48.9 Å². The third-order valence-electron chi connectivity index (χ3n) is 4.74. The summed E-state index contributed by atoms with van der Waals surface area (Å²) in [5.74, 6) is 0.908. The lowest BCUT2D eigenvalue weighted by Gasteiger charge is -2.18. The molecule has 4 rings (SSSR count). The molecule has 2 aromatic rings. The number of aliphatic imine (C=N–C) groups is 1. The fraction of sp³-hybridized carbons (Fsp3) is 0.389. The first kappa shape index (κ1) is 14.2. The monoisotopic (exact) mass is 308 g/mol. The Labute approximate surface area is 135 Å². The van der Waals surface area contributed by atoms with E-state index in [9.17, 15) is 4.79 Å². The molecule has 5 nitrogen and oxygen atoms in total. The van der Waals surface area contributed by atoms with Crippen molar-refractivity contribution in [1.29, 1.82) is 0 Å². The summed E-state index contributed by atoms with van der Waals surface area (Å²) in [6.07, 6.45) is 6.18. The van der Waals surface area contributed by atoms with Gasteiger partial charge in [-0.25, -0.2) is 4.98 Å². The summed E-state index contributed by atoms with van der Waals surface area (Å²) < 4.78 is 2.05. The molecule has 1 spiro atoms. The van der Waals surface area contributed by atoms with Crippen LogP contribution in [0.25, 0.3) is 5.69 Å². The Morgan fingerprint density at radius 2 is 1.83 bits per heavy atom. The molecule has 2 aliphatic rings. The average molecular weight is 308 g/mol. The minimum absolute atomic E-state index is 0.0469. The predicted octanol–water partition coefficient (Wildman–Crippen LogP) is 2.68. The number of nitrogens with zero attached hydrogens (tertiary/aromatic N) is 3. The van der Waals surface area contributed by atoms with E-state index >= 15 is 0 Å². The summed E-state index contributed by atoms with van der Waals surface area (Å²) >= 11 is 0. The van der Waals surface area contributed by atoms with E-state index in [0.717, 1.165) is 48.5 Å². The first-order valence-electron chi connectivity index (χ1n) is 8.12. The number of hydrogen-bond acceptors (Lipinski definition) is 3. The van der Waals surface area contributed by atoms with E-state index < -0.39 is 0 Å². The molecular formula is C18H20N4O. The summed E-state index contributed by atoms with van der Waals surface area (Å²) in [5, 5.41) is 3.08. The minimum atomic E-state index is -0.330. The van der Waals surface area contributed by atoms with Crippen LogP contribution >= 0.6 is 0 Å². The topological polar surface area (TPSA) is 59.3 Å². The molecule has 23 heavy (non-hydrogen) atoms. The number of benzene rings is 1. The van der Waals surface area contributed by atoms with Crippen molar-refractivity contribution in [2.24, 2.45) is 4.99 Å². The number of imidazole rings is 1. The maximum Gasteiger partial charge on any atom is 0.272 e. The Bertz CT molecular complexity index is 795. The minimum Gasteiger partial charge on any atom is -0.326 e. The van der Waals surface area contributed by atoms with Gasteiger partial charge in [-0.2, -0.15) is 0 Å². The molecule has 1 amide bonds. The lowest BCUT2D eigenvalue weighted by molar-refractivity contribution is -0.115. The number of rotatable bonds is 2. The summed E-state index contributed by atoms with van der Waals surface area (Å²) in [4.78, 5) is 21.4. The van der Waals surface area contributed by atoms with E-state index in [4.69, 9.17) is 4.99 Å². The van der Waals surface area contributed by atoms with Gasteiger partial charge < -0.3 is 9.88 Å². The van der Waals surface area contributed by atoms with Crippen LogP contribution in [-0.2, 0) is 4.79 Å². The van der Waals surface area contributed by atoms with Crippen molar-refractivity contribution in [3.8, 4) is 5.69 Å². The van der Waals surface area contributed by atoms with Crippen LogP contribution in [0, 0.1) is 13.8 Å². The summed E-state index contributed by atoms with van der Waals surface area (Å²) in [5.41, 5.74) is 3.15. The smallest absolute Gasteiger partial charge is 0.272 e. The highest BCUT2D eigenvalue weighted by Crippen LogP contribution is 2.34. The quantitative estimate of drug-likeness (QED) is 0.927. The second-order valence-electron chi connectivity index (χ2n) is 6.50. The normalized spacial score (nSPS) is 19.2. The molecule has 1 aromatic carbocycles. The van der Waals surface area contributed by atoms with E-state index in [1.54, 1.807) is 0 Å². The van der Waals surface area contributed by atoms with Gasteiger partial charge in [-0.3, -0.25) is 9.79 Å². The number of carbonyl (C=O) groups excluding carboxylic acids is 1. The van der Waals surface area contributed by atoms with Crippen LogP contribution in [0.15, 0.2) is 35.5 Å². The fourth-order valence-electron chi connectivity index (χ4n) is 3.62. The van der Waals surface area contributed by atoms with Crippen molar-refractivity contribution < 1.29 is 4.79 Å². The Morgan fingerprint density at radius 3 is 2.43 bits per heavy atom. The van der Waals surface area contributed by atoms with Gasteiger partial charge in [-0.15, -0.1) is 0 Å². The van der Waals surface area contributed by atoms with Crippen molar-refractivity contribution in [3.05, 3.63) is 47.5 Å². The molecule has 0 atom stereocenters. The highest BCUT2D eigenvalue weighted by Gasteiger charge is 2.41. The molecule has 0 radical (unpaired) electrons. The molecule has 118 valence electrons. The summed E-state index contributed by atoms with van der Waals surface area (Å²) in [7, 11) is 0. The van der Waals surface area contributed by atoms with E-state index in [2.05, 4.69) is 10.3 Å². The van der Waals surface area contributed by atoms with Crippen molar-refractivity contribution in [2.75, 3.05) is 0 Å². The molecule has 1 aliphatic heterocycles. The number of aromatic nitrogens is 2. The van der Waals surface area contributed by atoms with Crippen molar-refractivity contribution in [2.45, 2.75) is 45.2 Å². The lowest BCUT2D eigenvalue weighted by atomic mass is 10.1. The predicted molar refractivity (Wildman–Crippen MR) is 88.9 cm³/mol. The van der Waals surface area contributed by atoms with Gasteiger partial charge in [0.1, 0.15) is 17.2 Å². The highest BCUT2D eigenvalue weighted by atomic mass is 16.2. The molecular weight excluding hydrogens is 288 g/mol. The third-order valence-corrected chi connectivity index (χ3v) is 4.74. The highest BCUT2D eigenvalue weighted by molar-refractivity contribution is 6.46. The standard InChI is InChI=1S/C18H20N4O/c1-12-11-22(13(2)19-12)15-7-5-14(6-8-15)16-17(23)21-18(20-16)9-3-4-10-18/h5-8,11H,3-4,9-10H2,1-2H3,(H,21,23). The number of hydrogen-bond donors (Lipinski definition) is 1. The fourth-order valence-corrected chi connectivity index (χ4v) is 3.62. The molecule has 0 bridgehead atoms. The van der Waals surface area contributed by atoms with Crippen molar-refractivity contribution in [1.82, 2.24) is 14.9 Å². The number of amides is 1. The third kappa shape index (κ3) is 2.36. The maximum absolute atomic E-state index is 12.3. The molecule has 1 aromatic heterocycles. The summed E-state index contributed by atoms with van der Waals surface area (Å²) in [6.45, 7) is 3.97. The van der Waals surface area contributed by atoms with Crippen LogP contribution in [0.1, 0.15) is 42.8 Å². The average Bonchev–Trinajstić information content (AvgIpc) is 3.20. The van der Waals surface area contributed by atoms with Crippen LogP contribution in [-0.4, -0.2) is 26.8 Å². The second kappa shape index (κ2) is 5.05. The first-order chi connectivity index (χ1) is 11.1. The second-order valence-corrected chi connectivity index (χ2v) is 6.50. The molecule has 2 heterocycles. The zero-order valence-corrected chi connectivity index (χ0v) is 13.5. The Morgan fingerprint density at radius 1 is 1.13 bits per heavy atom. The molecule has 1 aliphatic carbocycles. The van der Waals surface area contributed by atoms with Crippen LogP contribution < -0.4 is 5.32 Å². The van der Waals surface area contributed by atoms with Gasteiger partial charge in [-0.05, 0) is 51.7 Å². The summed E-state index contributed by atoms with van der Waals surface area (Å²) in [6, 6.07) is 7.96. The van der Waals surface area contributed by atoms with Crippen molar-refractivity contribution in [3.63, 3.8) is 0 Å². The van der Waals surface area contributed by atoms with Gasteiger partial charge in [0.25, 0.3) is 5.91 Å². The molecule has 1 fully saturated rings. The van der Waals surface area contributed by atoms with Gasteiger partial charge >= 0.3 is 0 Å². The van der Waals surface area contributed by atoms with Crippen LogP contribution in [0.3, 0.4) is 0 Å². The Kier molecular flexibility index (Phi) is 3.11. The van der Waals surface area contributed by atoms with E-state index in [0.29, 0.717) is 5.71 Å². The van der Waals surface area contributed by atoms with Gasteiger partial charge in [-0.1, -0.05) is 12.1 Å².